The van der Waals surface area contributed by atoms with Crippen LogP contribution in [0.1, 0.15) is 6.42 Å². The Kier molecular flexibility index (Phi) is 5.72. The minimum Gasteiger partial charge on any atom is -0.323 e. The number of hydrogen-bond acceptors (Lipinski definition) is 2. The highest BCUT2D eigenvalue weighted by Crippen LogP contribution is 2.09. The van der Waals surface area contributed by atoms with Gasteiger partial charge in [0.1, 0.15) is 0 Å². The maximum atomic E-state index is 11.4. The summed E-state index contributed by atoms with van der Waals surface area (Å²) in [5, 5.41) is 3.07. The average molecular weight is 188 g/mol. The molecule has 1 saturated heterocycles. The van der Waals surface area contributed by atoms with E-state index in [9.17, 15) is 8.78 Å². The zero-order chi connectivity index (χ0) is 7.40. The highest BCUT2D eigenvalue weighted by Gasteiger charge is 2.15. The van der Waals surface area contributed by atoms with Gasteiger partial charge in [0.2, 0.25) is 0 Å². The van der Waals surface area contributed by atoms with Gasteiger partial charge in [0.25, 0.3) is 0 Å². The molecule has 0 aromatic rings. The summed E-state index contributed by atoms with van der Waals surface area (Å²) < 4.78 is 27.0. The van der Waals surface area contributed by atoms with Gasteiger partial charge in [-0.15, -0.1) is 12.4 Å². The standard InChI is InChI=1S/C6H11F2NO.ClH/c7-6(8)10-4-5-1-2-9-3-5;/h5-6,9H,1-4H2;1H. The van der Waals surface area contributed by atoms with E-state index in [-0.39, 0.29) is 24.9 Å². The van der Waals surface area contributed by atoms with Gasteiger partial charge in [-0.05, 0) is 18.9 Å². The molecule has 2 nitrogen and oxygen atoms in total. The number of rotatable bonds is 3. The monoisotopic (exact) mass is 187 g/mol. The van der Waals surface area contributed by atoms with E-state index in [1.54, 1.807) is 0 Å². The molecule has 0 saturated carbocycles. The molecule has 1 aliphatic heterocycles. The normalized spacial score (nSPS) is 23.7. The second kappa shape index (κ2) is 5.69. The largest absolute Gasteiger partial charge is 0.345 e. The van der Waals surface area contributed by atoms with Crippen LogP contribution >= 0.6 is 12.4 Å². The number of alkyl halides is 2. The molecular formula is C6H12ClF2NO. The van der Waals surface area contributed by atoms with Gasteiger partial charge >= 0.3 is 6.61 Å². The molecule has 1 atom stereocenters. The molecule has 1 unspecified atom stereocenters. The molecular weight excluding hydrogens is 176 g/mol. The van der Waals surface area contributed by atoms with Crippen molar-refractivity contribution in [2.75, 3.05) is 19.7 Å². The molecule has 0 aliphatic carbocycles. The van der Waals surface area contributed by atoms with Crippen molar-refractivity contribution in [1.82, 2.24) is 5.32 Å². The molecule has 1 heterocycles. The fourth-order valence-corrected chi connectivity index (χ4v) is 1.07. The third kappa shape index (κ3) is 4.50. The van der Waals surface area contributed by atoms with E-state index in [4.69, 9.17) is 0 Å². The summed E-state index contributed by atoms with van der Waals surface area (Å²) in [5.74, 6) is 0.286. The van der Waals surface area contributed by atoms with Gasteiger partial charge in [-0.3, -0.25) is 0 Å². The fraction of sp³-hybridized carbons (Fsp3) is 1.00. The molecule has 1 aliphatic rings. The molecule has 0 bridgehead atoms. The van der Waals surface area contributed by atoms with Gasteiger partial charge in [0.05, 0.1) is 6.61 Å². The first-order valence-corrected chi connectivity index (χ1v) is 3.39. The Balaban J connectivity index is 0.000001000. The van der Waals surface area contributed by atoms with E-state index in [1.807, 2.05) is 0 Å². The second-order valence-corrected chi connectivity index (χ2v) is 2.45. The molecule has 1 fully saturated rings. The van der Waals surface area contributed by atoms with Crippen LogP contribution in [0.15, 0.2) is 0 Å². The van der Waals surface area contributed by atoms with E-state index < -0.39 is 6.61 Å². The van der Waals surface area contributed by atoms with Crippen LogP contribution < -0.4 is 5.32 Å². The van der Waals surface area contributed by atoms with Gasteiger partial charge in [0.15, 0.2) is 0 Å². The van der Waals surface area contributed by atoms with E-state index >= 15 is 0 Å². The summed E-state index contributed by atoms with van der Waals surface area (Å²) in [6.07, 6.45) is 0.951. The fourth-order valence-electron chi connectivity index (χ4n) is 1.07. The third-order valence-electron chi connectivity index (χ3n) is 1.62. The third-order valence-corrected chi connectivity index (χ3v) is 1.62. The Labute approximate surface area is 70.7 Å². The van der Waals surface area contributed by atoms with Crippen molar-refractivity contribution in [2.24, 2.45) is 5.92 Å². The van der Waals surface area contributed by atoms with Crippen molar-refractivity contribution >= 4 is 12.4 Å². The zero-order valence-corrected chi connectivity index (χ0v) is 6.87. The van der Waals surface area contributed by atoms with Gasteiger partial charge < -0.3 is 10.1 Å². The topological polar surface area (TPSA) is 21.3 Å². The quantitative estimate of drug-likeness (QED) is 0.718. The minimum atomic E-state index is -2.61. The smallest absolute Gasteiger partial charge is 0.323 e. The lowest BCUT2D eigenvalue weighted by atomic mass is 10.1. The van der Waals surface area contributed by atoms with Crippen molar-refractivity contribution in [3.8, 4) is 0 Å². The zero-order valence-electron chi connectivity index (χ0n) is 6.06. The average Bonchev–Trinajstić information content (AvgIpc) is 2.34. The SMILES string of the molecule is Cl.FC(F)OCC1CCNC1. The summed E-state index contributed by atoms with van der Waals surface area (Å²) >= 11 is 0. The Morgan fingerprint density at radius 2 is 2.27 bits per heavy atom. The molecule has 0 aromatic carbocycles. The Hall–Kier alpha value is 0.0700. The molecule has 0 radical (unpaired) electrons. The molecule has 5 heteroatoms. The molecule has 0 spiro atoms. The van der Waals surface area contributed by atoms with Crippen LogP contribution in [0, 0.1) is 5.92 Å². The highest BCUT2D eigenvalue weighted by atomic mass is 35.5. The van der Waals surface area contributed by atoms with Crippen molar-refractivity contribution < 1.29 is 13.5 Å². The van der Waals surface area contributed by atoms with Crippen LogP contribution in [0.3, 0.4) is 0 Å². The number of halogens is 3. The van der Waals surface area contributed by atoms with Gasteiger partial charge in [-0.2, -0.15) is 8.78 Å². The predicted octanol–water partition coefficient (Wildman–Crippen LogP) is 1.26. The van der Waals surface area contributed by atoms with Crippen molar-refractivity contribution in [2.45, 2.75) is 13.0 Å². The van der Waals surface area contributed by atoms with Crippen LogP contribution in [-0.2, 0) is 4.74 Å². The maximum absolute atomic E-state index is 11.4. The second-order valence-electron chi connectivity index (χ2n) is 2.45. The van der Waals surface area contributed by atoms with Gasteiger partial charge in [-0.25, -0.2) is 0 Å². The Morgan fingerprint density at radius 3 is 2.73 bits per heavy atom. The Morgan fingerprint density at radius 1 is 1.55 bits per heavy atom. The molecule has 11 heavy (non-hydrogen) atoms. The van der Waals surface area contributed by atoms with Crippen molar-refractivity contribution in [1.29, 1.82) is 0 Å². The number of hydrogen-bond donors (Lipinski definition) is 1. The molecule has 0 aromatic heterocycles. The molecule has 68 valence electrons. The first kappa shape index (κ1) is 11.1. The van der Waals surface area contributed by atoms with Crippen LogP contribution in [0.5, 0.6) is 0 Å². The summed E-state index contributed by atoms with van der Waals surface area (Å²) in [6.45, 7) is -0.685. The summed E-state index contributed by atoms with van der Waals surface area (Å²) in [4.78, 5) is 0. The lowest BCUT2D eigenvalue weighted by Gasteiger charge is -2.07. The molecule has 1 N–H and O–H groups in total. The maximum Gasteiger partial charge on any atom is 0.345 e. The number of nitrogens with one attached hydrogen (secondary N) is 1. The van der Waals surface area contributed by atoms with Crippen molar-refractivity contribution in [3.63, 3.8) is 0 Å². The van der Waals surface area contributed by atoms with E-state index in [2.05, 4.69) is 10.1 Å². The highest BCUT2D eigenvalue weighted by molar-refractivity contribution is 5.85. The molecule has 1 rings (SSSR count). The lowest BCUT2D eigenvalue weighted by Crippen LogP contribution is -2.15. The van der Waals surface area contributed by atoms with Crippen molar-refractivity contribution in [3.05, 3.63) is 0 Å². The summed E-state index contributed by atoms with van der Waals surface area (Å²) in [7, 11) is 0. The van der Waals surface area contributed by atoms with Gasteiger partial charge in [0, 0.05) is 6.54 Å². The first-order valence-electron chi connectivity index (χ1n) is 3.39. The summed E-state index contributed by atoms with van der Waals surface area (Å²) in [5.41, 5.74) is 0. The van der Waals surface area contributed by atoms with Crippen LogP contribution in [0.25, 0.3) is 0 Å². The number of ether oxygens (including phenoxy) is 1. The lowest BCUT2D eigenvalue weighted by molar-refractivity contribution is -0.136. The van der Waals surface area contributed by atoms with Crippen LogP contribution in [0.2, 0.25) is 0 Å². The molecule has 0 amide bonds. The van der Waals surface area contributed by atoms with Gasteiger partial charge in [-0.1, -0.05) is 0 Å². The van der Waals surface area contributed by atoms with Crippen LogP contribution in [0.4, 0.5) is 8.78 Å². The van der Waals surface area contributed by atoms with E-state index in [0.717, 1.165) is 19.5 Å². The predicted molar refractivity (Wildman–Crippen MR) is 40.2 cm³/mol. The first-order chi connectivity index (χ1) is 4.79. The Bertz CT molecular complexity index is 98.6. The minimum absolute atomic E-state index is 0. The van der Waals surface area contributed by atoms with Crippen LogP contribution in [-0.4, -0.2) is 26.3 Å². The van der Waals surface area contributed by atoms with E-state index in [0.29, 0.717) is 0 Å². The summed E-state index contributed by atoms with van der Waals surface area (Å²) in [6, 6.07) is 0. The van der Waals surface area contributed by atoms with E-state index in [1.165, 1.54) is 0 Å².